The molecule has 0 radical (unpaired) electrons. The maximum atomic E-state index is 13.2. The first kappa shape index (κ1) is 14.5. The maximum absolute atomic E-state index is 13.2. The van der Waals surface area contributed by atoms with Gasteiger partial charge in [-0.3, -0.25) is 4.79 Å². The number of benzene rings is 1. The van der Waals surface area contributed by atoms with Crippen LogP contribution in [0.2, 0.25) is 0 Å². The Bertz CT molecular complexity index is 674. The van der Waals surface area contributed by atoms with Gasteiger partial charge < -0.3 is 4.90 Å². The molecule has 1 unspecified atom stereocenters. The lowest BCUT2D eigenvalue weighted by atomic mass is 10.2. The zero-order valence-corrected chi connectivity index (χ0v) is 12.2. The largest absolute Gasteiger partial charge is 0.337 e. The monoisotopic (exact) mass is 290 g/mol. The topological polar surface area (TPSA) is 44.1 Å². The van der Waals surface area contributed by atoms with Gasteiger partial charge in [0, 0.05) is 17.8 Å². The highest BCUT2D eigenvalue weighted by molar-refractivity contribution is 7.20. The van der Waals surface area contributed by atoms with Crippen molar-refractivity contribution in [3.63, 3.8) is 0 Å². The number of halogens is 1. The molecular weight excluding hydrogens is 275 g/mol. The van der Waals surface area contributed by atoms with E-state index in [1.165, 1.54) is 23.5 Å². The molecule has 0 fully saturated rings. The Morgan fingerprint density at radius 2 is 2.25 bits per heavy atom. The minimum absolute atomic E-state index is 0.101. The lowest BCUT2D eigenvalue weighted by molar-refractivity contribution is 0.0757. The van der Waals surface area contributed by atoms with Gasteiger partial charge in [0.2, 0.25) is 0 Å². The van der Waals surface area contributed by atoms with E-state index in [0.717, 1.165) is 10.1 Å². The first-order chi connectivity index (χ1) is 9.55. The molecule has 1 amide bonds. The highest BCUT2D eigenvalue weighted by atomic mass is 32.1. The molecule has 1 atom stereocenters. The molecule has 0 aliphatic heterocycles. The summed E-state index contributed by atoms with van der Waals surface area (Å²) in [4.78, 5) is 14.6. The summed E-state index contributed by atoms with van der Waals surface area (Å²) in [6.07, 6.45) is 0. The number of fused-ring (bicyclic) bond motifs is 1. The van der Waals surface area contributed by atoms with Gasteiger partial charge in [-0.2, -0.15) is 5.26 Å². The summed E-state index contributed by atoms with van der Waals surface area (Å²) in [5.41, 5.74) is 0. The van der Waals surface area contributed by atoms with Gasteiger partial charge in [0.05, 0.1) is 16.9 Å². The average Bonchev–Trinajstić information content (AvgIpc) is 2.86. The molecule has 0 bridgehead atoms. The van der Waals surface area contributed by atoms with Gasteiger partial charge in [-0.15, -0.1) is 11.3 Å². The van der Waals surface area contributed by atoms with Crippen LogP contribution in [0.1, 0.15) is 23.5 Å². The predicted octanol–water partition coefficient (Wildman–Crippen LogP) is 3.66. The fourth-order valence-electron chi connectivity index (χ4n) is 1.99. The number of amides is 1. The molecule has 0 aliphatic carbocycles. The highest BCUT2D eigenvalue weighted by Gasteiger charge is 2.19. The zero-order valence-electron chi connectivity index (χ0n) is 11.4. The Morgan fingerprint density at radius 3 is 2.90 bits per heavy atom. The second kappa shape index (κ2) is 6.02. The molecule has 20 heavy (non-hydrogen) atoms. The highest BCUT2D eigenvalue weighted by Crippen LogP contribution is 2.27. The van der Waals surface area contributed by atoms with E-state index in [2.05, 4.69) is 6.07 Å². The van der Waals surface area contributed by atoms with Crippen LogP contribution in [0.3, 0.4) is 0 Å². The Kier molecular flexibility index (Phi) is 4.35. The van der Waals surface area contributed by atoms with Gasteiger partial charge in [-0.05, 0) is 37.4 Å². The summed E-state index contributed by atoms with van der Waals surface area (Å²) in [7, 11) is 0. The normalized spacial score (nSPS) is 12.1. The van der Waals surface area contributed by atoms with Crippen molar-refractivity contribution in [1.29, 1.82) is 5.26 Å². The lowest BCUT2D eigenvalue weighted by Crippen LogP contribution is -2.33. The van der Waals surface area contributed by atoms with Crippen LogP contribution in [-0.2, 0) is 0 Å². The van der Waals surface area contributed by atoms with Crippen molar-refractivity contribution in [3.8, 4) is 6.07 Å². The van der Waals surface area contributed by atoms with Crippen LogP contribution in [0.15, 0.2) is 24.3 Å². The Balaban J connectivity index is 2.27. The first-order valence-electron chi connectivity index (χ1n) is 6.43. The molecule has 5 heteroatoms. The van der Waals surface area contributed by atoms with E-state index in [-0.39, 0.29) is 17.6 Å². The molecule has 1 heterocycles. The van der Waals surface area contributed by atoms with Gasteiger partial charge in [-0.1, -0.05) is 6.07 Å². The molecule has 2 aromatic rings. The molecule has 0 aliphatic rings. The number of carbonyl (C=O) groups is 1. The fourth-order valence-corrected chi connectivity index (χ4v) is 3.05. The van der Waals surface area contributed by atoms with Crippen LogP contribution >= 0.6 is 11.3 Å². The minimum atomic E-state index is -0.302. The van der Waals surface area contributed by atoms with Crippen LogP contribution in [0.4, 0.5) is 4.39 Å². The number of carbonyl (C=O) groups excluding carboxylic acids is 1. The van der Waals surface area contributed by atoms with Crippen LogP contribution in [-0.4, -0.2) is 23.9 Å². The van der Waals surface area contributed by atoms with Crippen LogP contribution < -0.4 is 0 Å². The van der Waals surface area contributed by atoms with E-state index < -0.39 is 0 Å². The third kappa shape index (κ3) is 2.97. The van der Waals surface area contributed by atoms with Crippen molar-refractivity contribution in [1.82, 2.24) is 4.90 Å². The molecule has 0 saturated carbocycles. The summed E-state index contributed by atoms with van der Waals surface area (Å²) >= 11 is 1.28. The minimum Gasteiger partial charge on any atom is -0.337 e. The Labute approximate surface area is 121 Å². The van der Waals surface area contributed by atoms with Crippen LogP contribution in [0, 0.1) is 23.1 Å². The van der Waals surface area contributed by atoms with Gasteiger partial charge in [-0.25, -0.2) is 4.39 Å². The maximum Gasteiger partial charge on any atom is 0.263 e. The average molecular weight is 290 g/mol. The molecule has 2 rings (SSSR count). The zero-order chi connectivity index (χ0) is 14.7. The van der Waals surface area contributed by atoms with Crippen molar-refractivity contribution in [2.45, 2.75) is 13.8 Å². The molecule has 0 spiro atoms. The van der Waals surface area contributed by atoms with Gasteiger partial charge >= 0.3 is 0 Å². The first-order valence-corrected chi connectivity index (χ1v) is 7.24. The number of rotatable bonds is 4. The smallest absolute Gasteiger partial charge is 0.263 e. The summed E-state index contributed by atoms with van der Waals surface area (Å²) in [5.74, 6) is -0.606. The Morgan fingerprint density at radius 1 is 1.50 bits per heavy atom. The van der Waals surface area contributed by atoms with Gasteiger partial charge in [0.15, 0.2) is 0 Å². The van der Waals surface area contributed by atoms with Gasteiger partial charge in [0.25, 0.3) is 5.91 Å². The quantitative estimate of drug-likeness (QED) is 0.862. The van der Waals surface area contributed by atoms with E-state index in [4.69, 9.17) is 5.26 Å². The molecule has 1 aromatic heterocycles. The number of hydrogen-bond acceptors (Lipinski definition) is 3. The molecule has 0 N–H and O–H groups in total. The molecular formula is C15H15FN2OS. The summed E-state index contributed by atoms with van der Waals surface area (Å²) in [6.45, 7) is 4.63. The third-order valence-corrected chi connectivity index (χ3v) is 4.16. The fraction of sp³-hybridized carbons (Fsp3) is 0.333. The third-order valence-electron chi connectivity index (χ3n) is 3.08. The summed E-state index contributed by atoms with van der Waals surface area (Å²) in [6, 6.07) is 8.41. The van der Waals surface area contributed by atoms with Crippen molar-refractivity contribution < 1.29 is 9.18 Å². The van der Waals surface area contributed by atoms with E-state index >= 15 is 0 Å². The summed E-state index contributed by atoms with van der Waals surface area (Å²) < 4.78 is 13.9. The van der Waals surface area contributed by atoms with Crippen molar-refractivity contribution >= 4 is 27.3 Å². The van der Waals surface area contributed by atoms with Gasteiger partial charge in [0.1, 0.15) is 5.82 Å². The van der Waals surface area contributed by atoms with E-state index in [1.807, 2.05) is 6.92 Å². The summed E-state index contributed by atoms with van der Waals surface area (Å²) in [5, 5.41) is 9.71. The van der Waals surface area contributed by atoms with Crippen molar-refractivity contribution in [3.05, 3.63) is 35.0 Å². The molecule has 3 nitrogen and oxygen atoms in total. The van der Waals surface area contributed by atoms with Crippen LogP contribution in [0.5, 0.6) is 0 Å². The molecule has 104 valence electrons. The standard InChI is InChI=1S/C15H15FN2OS/c1-3-18(9-10(2)8-17)15(19)14-6-11-4-5-12(16)7-13(11)20-14/h4-7,10H,3,9H2,1-2H3. The molecule has 0 saturated heterocycles. The lowest BCUT2D eigenvalue weighted by Gasteiger charge is -2.21. The number of nitrogens with zero attached hydrogens (tertiary/aromatic N) is 2. The van der Waals surface area contributed by atoms with E-state index in [1.54, 1.807) is 24.0 Å². The van der Waals surface area contributed by atoms with E-state index in [0.29, 0.717) is 18.0 Å². The molecule has 1 aromatic carbocycles. The predicted molar refractivity (Wildman–Crippen MR) is 78.1 cm³/mol. The number of hydrogen-bond donors (Lipinski definition) is 0. The Hall–Kier alpha value is -1.93. The SMILES string of the molecule is CCN(CC(C)C#N)C(=O)c1cc2ccc(F)cc2s1. The number of thiophene rings is 1. The second-order valence-corrected chi connectivity index (χ2v) is 5.75. The van der Waals surface area contributed by atoms with Crippen molar-refractivity contribution in [2.24, 2.45) is 5.92 Å². The van der Waals surface area contributed by atoms with E-state index in [9.17, 15) is 9.18 Å². The number of nitriles is 1. The van der Waals surface area contributed by atoms with Crippen molar-refractivity contribution in [2.75, 3.05) is 13.1 Å². The second-order valence-electron chi connectivity index (χ2n) is 4.67. The van der Waals surface area contributed by atoms with Crippen LogP contribution in [0.25, 0.3) is 10.1 Å².